The van der Waals surface area contributed by atoms with Gasteiger partial charge in [0.25, 0.3) is 0 Å². The fourth-order valence-corrected chi connectivity index (χ4v) is 2.43. The molecule has 0 unspecified atom stereocenters. The number of hydrogen-bond donors (Lipinski definition) is 2. The lowest BCUT2D eigenvalue weighted by Gasteiger charge is -2.09. The van der Waals surface area contributed by atoms with E-state index in [4.69, 9.17) is 10.9 Å². The van der Waals surface area contributed by atoms with Crippen LogP contribution in [0.5, 0.6) is 0 Å². The molecular weight excluding hydrogens is 239 g/mol. The van der Waals surface area contributed by atoms with E-state index in [1.54, 1.807) is 17.8 Å². The Kier molecular flexibility index (Phi) is 5.28. The molecule has 0 radical (unpaired) electrons. The molecule has 0 fully saturated rings. The average Bonchev–Trinajstić information content (AvgIpc) is 2.29. The first-order valence-electron chi connectivity index (χ1n) is 5.38. The standard InChI is InChI=1S/C12H17FN2OS/c1-8(2)6-17-7-9-3-4-10(13)5-11(9)12(14)15-16/h3-5,8,16H,6-7H2,1-2H3,(H2,14,15). The van der Waals surface area contributed by atoms with Crippen LogP contribution >= 0.6 is 11.8 Å². The van der Waals surface area contributed by atoms with Crippen molar-refractivity contribution in [2.75, 3.05) is 5.75 Å². The molecule has 0 aliphatic rings. The Morgan fingerprint density at radius 2 is 2.24 bits per heavy atom. The van der Waals surface area contributed by atoms with Crippen molar-refractivity contribution in [1.82, 2.24) is 0 Å². The molecule has 0 aromatic heterocycles. The Bertz CT molecular complexity index is 407. The summed E-state index contributed by atoms with van der Waals surface area (Å²) in [6, 6.07) is 4.36. The van der Waals surface area contributed by atoms with Gasteiger partial charge in [0.1, 0.15) is 5.82 Å². The zero-order valence-electron chi connectivity index (χ0n) is 9.98. The van der Waals surface area contributed by atoms with Gasteiger partial charge in [-0.2, -0.15) is 11.8 Å². The maximum absolute atomic E-state index is 13.1. The van der Waals surface area contributed by atoms with Crippen LogP contribution in [0.2, 0.25) is 0 Å². The molecule has 0 atom stereocenters. The predicted molar refractivity (Wildman–Crippen MR) is 69.9 cm³/mol. The van der Waals surface area contributed by atoms with Crippen LogP contribution in [0.3, 0.4) is 0 Å². The summed E-state index contributed by atoms with van der Waals surface area (Å²) in [5.41, 5.74) is 6.86. The molecule has 0 heterocycles. The average molecular weight is 256 g/mol. The number of hydrogen-bond acceptors (Lipinski definition) is 3. The third kappa shape index (κ3) is 4.26. The van der Waals surface area contributed by atoms with Crippen LogP contribution < -0.4 is 5.73 Å². The summed E-state index contributed by atoms with van der Waals surface area (Å²) < 4.78 is 13.1. The summed E-state index contributed by atoms with van der Waals surface area (Å²) in [5.74, 6) is 1.92. The first kappa shape index (κ1) is 13.8. The molecule has 5 heteroatoms. The Balaban J connectivity index is 2.83. The highest BCUT2D eigenvalue weighted by Crippen LogP contribution is 2.19. The molecule has 3 N–H and O–H groups in total. The number of amidine groups is 1. The summed E-state index contributed by atoms with van der Waals surface area (Å²) in [5, 5.41) is 11.6. The number of benzene rings is 1. The molecule has 0 saturated carbocycles. The van der Waals surface area contributed by atoms with Gasteiger partial charge in [-0.05, 0) is 29.4 Å². The molecule has 1 rings (SSSR count). The van der Waals surface area contributed by atoms with Crippen LogP contribution in [0.15, 0.2) is 23.4 Å². The van der Waals surface area contributed by atoms with E-state index in [0.717, 1.165) is 17.1 Å². The number of oxime groups is 1. The summed E-state index contributed by atoms with van der Waals surface area (Å²) in [7, 11) is 0. The molecule has 0 saturated heterocycles. The largest absolute Gasteiger partial charge is 0.409 e. The van der Waals surface area contributed by atoms with Crippen molar-refractivity contribution < 1.29 is 9.60 Å². The van der Waals surface area contributed by atoms with Gasteiger partial charge in [0.05, 0.1) is 0 Å². The summed E-state index contributed by atoms with van der Waals surface area (Å²) in [4.78, 5) is 0. The van der Waals surface area contributed by atoms with Gasteiger partial charge in [0.2, 0.25) is 0 Å². The van der Waals surface area contributed by atoms with E-state index in [-0.39, 0.29) is 11.7 Å². The van der Waals surface area contributed by atoms with Crippen molar-refractivity contribution in [2.24, 2.45) is 16.8 Å². The molecule has 1 aromatic rings. The second-order valence-corrected chi connectivity index (χ2v) is 5.23. The lowest BCUT2D eigenvalue weighted by atomic mass is 10.1. The van der Waals surface area contributed by atoms with Gasteiger partial charge in [0, 0.05) is 11.3 Å². The van der Waals surface area contributed by atoms with Crippen LogP contribution in [0, 0.1) is 11.7 Å². The van der Waals surface area contributed by atoms with Crippen molar-refractivity contribution in [3.8, 4) is 0 Å². The van der Waals surface area contributed by atoms with Gasteiger partial charge in [0.15, 0.2) is 5.84 Å². The van der Waals surface area contributed by atoms with Crippen molar-refractivity contribution in [3.63, 3.8) is 0 Å². The third-order valence-electron chi connectivity index (χ3n) is 2.16. The maximum Gasteiger partial charge on any atom is 0.170 e. The second kappa shape index (κ2) is 6.49. The monoisotopic (exact) mass is 256 g/mol. The molecule has 0 spiro atoms. The van der Waals surface area contributed by atoms with Gasteiger partial charge < -0.3 is 10.9 Å². The highest BCUT2D eigenvalue weighted by Gasteiger charge is 2.09. The molecule has 1 aromatic carbocycles. The Morgan fingerprint density at radius 3 is 2.82 bits per heavy atom. The van der Waals surface area contributed by atoms with E-state index in [9.17, 15) is 4.39 Å². The normalized spacial score (nSPS) is 12.1. The molecule has 0 aliphatic carbocycles. The van der Waals surface area contributed by atoms with E-state index >= 15 is 0 Å². The Morgan fingerprint density at radius 1 is 1.53 bits per heavy atom. The summed E-state index contributed by atoms with van der Waals surface area (Å²) in [6.45, 7) is 4.28. The maximum atomic E-state index is 13.1. The van der Waals surface area contributed by atoms with Crippen LogP contribution in [0.4, 0.5) is 4.39 Å². The lowest BCUT2D eigenvalue weighted by Crippen LogP contribution is -2.15. The zero-order valence-corrected chi connectivity index (χ0v) is 10.8. The van der Waals surface area contributed by atoms with Gasteiger partial charge >= 0.3 is 0 Å². The zero-order chi connectivity index (χ0) is 12.8. The van der Waals surface area contributed by atoms with Crippen molar-refractivity contribution in [1.29, 1.82) is 0 Å². The minimum atomic E-state index is -0.385. The highest BCUT2D eigenvalue weighted by atomic mass is 32.2. The van der Waals surface area contributed by atoms with E-state index in [0.29, 0.717) is 11.5 Å². The van der Waals surface area contributed by atoms with Crippen molar-refractivity contribution >= 4 is 17.6 Å². The number of thioether (sulfide) groups is 1. The minimum Gasteiger partial charge on any atom is -0.409 e. The molecule has 17 heavy (non-hydrogen) atoms. The lowest BCUT2D eigenvalue weighted by molar-refractivity contribution is 0.318. The predicted octanol–water partition coefficient (Wildman–Crippen LogP) is 2.81. The van der Waals surface area contributed by atoms with Crippen LogP contribution in [-0.4, -0.2) is 16.8 Å². The van der Waals surface area contributed by atoms with E-state index in [2.05, 4.69) is 19.0 Å². The number of halogens is 1. The molecule has 0 amide bonds. The third-order valence-corrected chi connectivity index (χ3v) is 3.58. The molecule has 94 valence electrons. The SMILES string of the molecule is CC(C)CSCc1ccc(F)cc1C(N)=NO. The van der Waals surface area contributed by atoms with Crippen molar-refractivity contribution in [2.45, 2.75) is 19.6 Å². The molecule has 0 aliphatic heterocycles. The quantitative estimate of drug-likeness (QED) is 0.368. The van der Waals surface area contributed by atoms with Gasteiger partial charge in [-0.3, -0.25) is 0 Å². The van der Waals surface area contributed by atoms with E-state index < -0.39 is 0 Å². The van der Waals surface area contributed by atoms with Gasteiger partial charge in [-0.15, -0.1) is 0 Å². The number of nitrogens with zero attached hydrogens (tertiary/aromatic N) is 1. The second-order valence-electron chi connectivity index (χ2n) is 4.20. The van der Waals surface area contributed by atoms with Crippen LogP contribution in [0.25, 0.3) is 0 Å². The summed E-state index contributed by atoms with van der Waals surface area (Å²) in [6.07, 6.45) is 0. The first-order valence-corrected chi connectivity index (χ1v) is 6.54. The molecule has 3 nitrogen and oxygen atoms in total. The van der Waals surface area contributed by atoms with E-state index in [1.165, 1.54) is 12.1 Å². The Hall–Kier alpha value is -1.23. The summed E-state index contributed by atoms with van der Waals surface area (Å²) >= 11 is 1.75. The number of nitrogens with two attached hydrogens (primary N) is 1. The highest BCUT2D eigenvalue weighted by molar-refractivity contribution is 7.98. The van der Waals surface area contributed by atoms with Crippen LogP contribution in [-0.2, 0) is 5.75 Å². The van der Waals surface area contributed by atoms with Crippen LogP contribution in [0.1, 0.15) is 25.0 Å². The minimum absolute atomic E-state index is 0.0513. The molecular formula is C12H17FN2OS. The first-order chi connectivity index (χ1) is 8.04. The van der Waals surface area contributed by atoms with Crippen molar-refractivity contribution in [3.05, 3.63) is 35.1 Å². The fourth-order valence-electron chi connectivity index (χ4n) is 1.37. The van der Waals surface area contributed by atoms with Gasteiger partial charge in [-0.25, -0.2) is 4.39 Å². The smallest absolute Gasteiger partial charge is 0.170 e. The number of rotatable bonds is 5. The fraction of sp³-hybridized carbons (Fsp3) is 0.417. The Labute approximate surface area is 105 Å². The molecule has 0 bridgehead atoms. The van der Waals surface area contributed by atoms with Gasteiger partial charge in [-0.1, -0.05) is 25.1 Å². The van der Waals surface area contributed by atoms with E-state index in [1.807, 2.05) is 0 Å². The topological polar surface area (TPSA) is 58.6 Å².